The van der Waals surface area contributed by atoms with E-state index in [0.29, 0.717) is 5.56 Å². The van der Waals surface area contributed by atoms with Crippen LogP contribution in [0.25, 0.3) is 0 Å². The van der Waals surface area contributed by atoms with Gasteiger partial charge in [-0.15, -0.1) is 0 Å². The number of aromatic hydroxyl groups is 1. The summed E-state index contributed by atoms with van der Waals surface area (Å²) in [7, 11) is 1.52. The Kier molecular flexibility index (Phi) is 5.56. The van der Waals surface area contributed by atoms with Gasteiger partial charge in [0.15, 0.2) is 5.69 Å². The molecule has 0 fully saturated rings. The third kappa shape index (κ3) is 4.67. The zero-order valence-corrected chi connectivity index (χ0v) is 13.8. The van der Waals surface area contributed by atoms with Gasteiger partial charge >= 0.3 is 6.09 Å². The first kappa shape index (κ1) is 17.2. The van der Waals surface area contributed by atoms with Crippen LogP contribution in [0, 0.1) is 5.21 Å². The Morgan fingerprint density at radius 1 is 1.35 bits per heavy atom. The Labute approximate surface area is 141 Å². The molecule has 0 spiro atoms. The zero-order valence-electron chi connectivity index (χ0n) is 12.2. The summed E-state index contributed by atoms with van der Waals surface area (Å²) in [6.45, 7) is 0.142. The van der Waals surface area contributed by atoms with Crippen LogP contribution in [0.4, 0.5) is 10.5 Å². The molecule has 0 aliphatic rings. The predicted molar refractivity (Wildman–Crippen MR) is 85.5 cm³/mol. The van der Waals surface area contributed by atoms with Gasteiger partial charge in [0, 0.05) is 29.2 Å². The van der Waals surface area contributed by atoms with E-state index >= 15 is 0 Å². The maximum absolute atomic E-state index is 12.1. The van der Waals surface area contributed by atoms with Gasteiger partial charge in [-0.3, -0.25) is 0 Å². The predicted octanol–water partition coefficient (Wildman–Crippen LogP) is 2.19. The van der Waals surface area contributed by atoms with Crippen molar-refractivity contribution >= 4 is 27.7 Å². The molecule has 0 bridgehead atoms. The summed E-state index contributed by atoms with van der Waals surface area (Å²) in [5.41, 5.74) is 0.584. The number of phenolic OH excluding ortho intramolecular Hbond substituents is 1. The van der Waals surface area contributed by atoms with E-state index < -0.39 is 11.3 Å². The van der Waals surface area contributed by atoms with Gasteiger partial charge in [-0.2, -0.15) is 5.23 Å². The molecule has 0 saturated carbocycles. The molecule has 3 N–H and O–H groups in total. The minimum atomic E-state index is -1.10. The Hall–Kier alpha value is -2.13. The normalized spacial score (nSPS) is 11.8. The number of rotatable bonds is 4. The molecular formula is C15H15BrN2O5. The molecule has 23 heavy (non-hydrogen) atoms. The second-order valence-corrected chi connectivity index (χ2v) is 5.75. The number of benzene rings is 2. The van der Waals surface area contributed by atoms with Crippen molar-refractivity contribution in [3.05, 3.63) is 57.7 Å². The average Bonchev–Trinajstić information content (AvgIpc) is 2.51. The van der Waals surface area contributed by atoms with Gasteiger partial charge in [0.1, 0.15) is 11.5 Å². The lowest BCUT2D eigenvalue weighted by Crippen LogP contribution is -2.99. The molecular weight excluding hydrogens is 368 g/mol. The topological polar surface area (TPSA) is 97.5 Å². The van der Waals surface area contributed by atoms with Crippen LogP contribution in [-0.2, 0) is 6.54 Å². The van der Waals surface area contributed by atoms with Crippen LogP contribution < -0.4 is 9.96 Å². The number of hydrogen-bond acceptors (Lipinski definition) is 5. The molecule has 0 aromatic heterocycles. The summed E-state index contributed by atoms with van der Waals surface area (Å²) in [5, 5.41) is 28.5. The van der Waals surface area contributed by atoms with Crippen LogP contribution in [0.1, 0.15) is 5.56 Å². The first-order chi connectivity index (χ1) is 10.9. The number of quaternary nitrogens is 1. The van der Waals surface area contributed by atoms with Crippen molar-refractivity contribution in [1.82, 2.24) is 4.90 Å². The molecule has 0 radical (unpaired) electrons. The van der Waals surface area contributed by atoms with Crippen molar-refractivity contribution in [3.63, 3.8) is 0 Å². The van der Waals surface area contributed by atoms with Crippen LogP contribution in [0.15, 0.2) is 46.9 Å². The first-order valence-corrected chi connectivity index (χ1v) is 7.40. The number of phenols is 1. The fourth-order valence-electron chi connectivity index (χ4n) is 1.87. The maximum Gasteiger partial charge on any atom is 0.415 e. The number of halogens is 1. The van der Waals surface area contributed by atoms with E-state index in [2.05, 4.69) is 15.9 Å². The fourth-order valence-corrected chi connectivity index (χ4v) is 2.28. The van der Waals surface area contributed by atoms with Crippen LogP contribution in [-0.4, -0.2) is 28.4 Å². The van der Waals surface area contributed by atoms with Crippen LogP contribution >= 0.6 is 15.9 Å². The molecule has 122 valence electrons. The lowest BCUT2D eigenvalue weighted by atomic mass is 10.2. The molecule has 0 aliphatic carbocycles. The number of nitrogens with one attached hydrogen (secondary N) is 1. The second kappa shape index (κ2) is 7.42. The summed E-state index contributed by atoms with van der Waals surface area (Å²) in [4.78, 5) is 13.3. The number of ether oxygens (including phenoxy) is 1. The quantitative estimate of drug-likeness (QED) is 0.704. The van der Waals surface area contributed by atoms with Crippen molar-refractivity contribution < 1.29 is 25.1 Å². The lowest BCUT2D eigenvalue weighted by molar-refractivity contribution is -0.991. The minimum Gasteiger partial charge on any atom is -0.595 e. The molecule has 0 aliphatic heterocycles. The Morgan fingerprint density at radius 2 is 2.09 bits per heavy atom. The number of amides is 1. The van der Waals surface area contributed by atoms with Crippen molar-refractivity contribution in [2.45, 2.75) is 6.54 Å². The number of carbonyl (C=O) groups excluding carboxylic acids is 1. The molecule has 0 heterocycles. The monoisotopic (exact) mass is 382 g/mol. The van der Waals surface area contributed by atoms with Crippen molar-refractivity contribution in [2.24, 2.45) is 0 Å². The molecule has 1 unspecified atom stereocenters. The summed E-state index contributed by atoms with van der Waals surface area (Å²) in [6.07, 6.45) is -0.660. The highest BCUT2D eigenvalue weighted by Crippen LogP contribution is 2.23. The Balaban J connectivity index is 2.05. The summed E-state index contributed by atoms with van der Waals surface area (Å²) < 4.78 is 5.92. The van der Waals surface area contributed by atoms with E-state index in [9.17, 15) is 15.1 Å². The zero-order chi connectivity index (χ0) is 17.0. The van der Waals surface area contributed by atoms with E-state index in [1.54, 1.807) is 12.1 Å². The minimum absolute atomic E-state index is 0.0302. The van der Waals surface area contributed by atoms with E-state index in [-0.39, 0.29) is 23.7 Å². The SMILES string of the molecule is CN(Cc1cc(Br)ccc1O)C(=O)Oc1cccc([NH+]([O-])O)c1. The molecule has 1 amide bonds. The molecule has 7 nitrogen and oxygen atoms in total. The molecule has 2 aromatic carbocycles. The van der Waals surface area contributed by atoms with Gasteiger partial charge in [0.25, 0.3) is 0 Å². The molecule has 0 saturated heterocycles. The van der Waals surface area contributed by atoms with Gasteiger partial charge in [0.2, 0.25) is 0 Å². The Morgan fingerprint density at radius 3 is 2.78 bits per heavy atom. The van der Waals surface area contributed by atoms with Crippen LogP contribution in [0.2, 0.25) is 0 Å². The maximum atomic E-state index is 12.1. The first-order valence-electron chi connectivity index (χ1n) is 6.60. The smallest absolute Gasteiger partial charge is 0.415 e. The largest absolute Gasteiger partial charge is 0.595 e. The van der Waals surface area contributed by atoms with Crippen LogP contribution in [0.5, 0.6) is 11.5 Å². The van der Waals surface area contributed by atoms with Gasteiger partial charge < -0.3 is 20.0 Å². The highest BCUT2D eigenvalue weighted by Gasteiger charge is 2.15. The van der Waals surface area contributed by atoms with Gasteiger partial charge in [-0.05, 0) is 24.3 Å². The second-order valence-electron chi connectivity index (χ2n) is 4.83. The van der Waals surface area contributed by atoms with E-state index in [4.69, 9.17) is 9.94 Å². The van der Waals surface area contributed by atoms with E-state index in [1.165, 1.54) is 42.3 Å². The third-order valence-corrected chi connectivity index (χ3v) is 3.54. The standard InChI is InChI=1S/C15H15BrN2O5/c1-17(9-10-7-11(16)5-6-14(10)19)15(20)23-13-4-2-3-12(8-13)18(21)22/h2-8,18-19,21H,9H2,1H3. The lowest BCUT2D eigenvalue weighted by Gasteiger charge is -2.18. The molecule has 2 rings (SSSR count). The summed E-state index contributed by atoms with van der Waals surface area (Å²) in [5.74, 6) is 0.209. The molecule has 1 atom stereocenters. The average molecular weight is 383 g/mol. The van der Waals surface area contributed by atoms with Gasteiger partial charge in [-0.1, -0.05) is 22.0 Å². The highest BCUT2D eigenvalue weighted by molar-refractivity contribution is 9.10. The Bertz CT molecular complexity index is 708. The molecule has 2 aromatic rings. The van der Waals surface area contributed by atoms with Gasteiger partial charge in [0.05, 0.1) is 6.54 Å². The van der Waals surface area contributed by atoms with Crippen molar-refractivity contribution in [2.75, 3.05) is 7.05 Å². The summed E-state index contributed by atoms with van der Waals surface area (Å²) in [6, 6.07) is 10.6. The van der Waals surface area contributed by atoms with E-state index in [0.717, 1.165) is 4.47 Å². The van der Waals surface area contributed by atoms with Crippen molar-refractivity contribution in [3.8, 4) is 11.5 Å². The van der Waals surface area contributed by atoms with Gasteiger partial charge in [-0.25, -0.2) is 10.0 Å². The van der Waals surface area contributed by atoms with Crippen molar-refractivity contribution in [1.29, 1.82) is 0 Å². The highest BCUT2D eigenvalue weighted by atomic mass is 79.9. The number of carbonyl (C=O) groups is 1. The summed E-state index contributed by atoms with van der Waals surface area (Å²) >= 11 is 3.30. The van der Waals surface area contributed by atoms with E-state index in [1.807, 2.05) is 0 Å². The molecule has 8 heteroatoms. The number of nitrogens with zero attached hydrogens (tertiary/aromatic N) is 1. The number of hydrogen-bond donors (Lipinski definition) is 3. The van der Waals surface area contributed by atoms with Crippen LogP contribution in [0.3, 0.4) is 0 Å². The third-order valence-electron chi connectivity index (χ3n) is 3.05. The fraction of sp³-hybridized carbons (Fsp3) is 0.133.